The predicted octanol–water partition coefficient (Wildman–Crippen LogP) is 4.06. The average molecular weight is 496 g/mol. The van der Waals surface area contributed by atoms with Crippen LogP contribution in [0.1, 0.15) is 34.2 Å². The smallest absolute Gasteiger partial charge is 0.261 e. The minimum Gasteiger partial charge on any atom is -0.342 e. The normalized spacial score (nSPS) is 12.4. The van der Waals surface area contributed by atoms with Crippen LogP contribution < -0.4 is 10.0 Å². The van der Waals surface area contributed by atoms with Crippen molar-refractivity contribution in [1.29, 1.82) is 0 Å². The molecule has 2 aromatic carbocycles. The lowest BCUT2D eigenvalue weighted by atomic mass is 10.1. The third kappa shape index (κ3) is 5.23. The van der Waals surface area contributed by atoms with Gasteiger partial charge in [0.25, 0.3) is 15.9 Å². The van der Waals surface area contributed by atoms with Crippen LogP contribution in [0.15, 0.2) is 77.8 Å². The summed E-state index contributed by atoms with van der Waals surface area (Å²) in [5, 5.41) is 11.5. The first-order chi connectivity index (χ1) is 16.4. The van der Waals surface area contributed by atoms with Crippen molar-refractivity contribution in [2.45, 2.75) is 24.3 Å². The molecule has 0 aliphatic rings. The summed E-state index contributed by atoms with van der Waals surface area (Å²) >= 11 is 1.68. The molecule has 0 radical (unpaired) electrons. The zero-order valence-electron chi connectivity index (χ0n) is 18.8. The van der Waals surface area contributed by atoms with Gasteiger partial charge < -0.3 is 5.32 Å². The van der Waals surface area contributed by atoms with Gasteiger partial charge in [-0.3, -0.25) is 13.9 Å². The largest absolute Gasteiger partial charge is 0.342 e. The summed E-state index contributed by atoms with van der Waals surface area (Å²) in [7, 11) is -3.78. The third-order valence-electron chi connectivity index (χ3n) is 5.38. The van der Waals surface area contributed by atoms with Crippen molar-refractivity contribution < 1.29 is 13.2 Å². The number of nitrogens with one attached hydrogen (secondary N) is 2. The molecule has 1 atom stereocenters. The Kier molecular flexibility index (Phi) is 7.18. The Morgan fingerprint density at radius 2 is 1.76 bits per heavy atom. The van der Waals surface area contributed by atoms with Gasteiger partial charge in [0.1, 0.15) is 0 Å². The van der Waals surface area contributed by atoms with Crippen LogP contribution in [0.25, 0.3) is 5.65 Å². The molecule has 4 aromatic rings. The second-order valence-electron chi connectivity index (χ2n) is 7.74. The number of rotatable bonds is 9. The van der Waals surface area contributed by atoms with Crippen LogP contribution in [-0.2, 0) is 10.0 Å². The molecule has 4 rings (SSSR count). The van der Waals surface area contributed by atoms with E-state index >= 15 is 0 Å². The molecule has 2 N–H and O–H groups in total. The maximum absolute atomic E-state index is 13.0. The van der Waals surface area contributed by atoms with Crippen molar-refractivity contribution in [3.05, 3.63) is 89.9 Å². The van der Waals surface area contributed by atoms with Crippen LogP contribution in [0, 0.1) is 6.92 Å². The van der Waals surface area contributed by atoms with Gasteiger partial charge >= 0.3 is 0 Å². The van der Waals surface area contributed by atoms with Gasteiger partial charge in [-0.2, -0.15) is 11.8 Å². The Morgan fingerprint density at radius 3 is 2.50 bits per heavy atom. The molecular formula is C24H25N5O3S2. The number of amides is 1. The first-order valence-electron chi connectivity index (χ1n) is 10.7. The second kappa shape index (κ2) is 10.3. The van der Waals surface area contributed by atoms with Crippen molar-refractivity contribution in [3.63, 3.8) is 0 Å². The van der Waals surface area contributed by atoms with Gasteiger partial charge in [-0.15, -0.1) is 10.2 Å². The summed E-state index contributed by atoms with van der Waals surface area (Å²) in [6, 6.07) is 18.3. The molecule has 1 amide bonds. The van der Waals surface area contributed by atoms with Gasteiger partial charge in [0.05, 0.1) is 16.6 Å². The number of nitrogens with zero attached hydrogens (tertiary/aromatic N) is 3. The number of benzene rings is 2. The van der Waals surface area contributed by atoms with E-state index in [-0.39, 0.29) is 16.8 Å². The summed E-state index contributed by atoms with van der Waals surface area (Å²) in [4.78, 5) is 13.1. The molecule has 0 spiro atoms. The number of pyridine rings is 1. The van der Waals surface area contributed by atoms with E-state index in [1.807, 2.05) is 54.1 Å². The van der Waals surface area contributed by atoms with E-state index in [0.717, 1.165) is 11.3 Å². The number of carbonyl (C=O) groups is 1. The molecule has 0 saturated carbocycles. The summed E-state index contributed by atoms with van der Waals surface area (Å²) < 4.78 is 30.0. The fourth-order valence-corrected chi connectivity index (χ4v) is 5.12. The number of hydrogen-bond acceptors (Lipinski definition) is 6. The lowest BCUT2D eigenvalue weighted by Crippen LogP contribution is -2.30. The van der Waals surface area contributed by atoms with E-state index in [1.54, 1.807) is 23.9 Å². The first-order valence-corrected chi connectivity index (χ1v) is 13.5. The van der Waals surface area contributed by atoms with E-state index in [0.29, 0.717) is 29.1 Å². The molecule has 0 aliphatic carbocycles. The van der Waals surface area contributed by atoms with Gasteiger partial charge in [-0.05, 0) is 73.4 Å². The predicted molar refractivity (Wildman–Crippen MR) is 135 cm³/mol. The molecule has 10 heteroatoms. The maximum atomic E-state index is 13.0. The van der Waals surface area contributed by atoms with Crippen molar-refractivity contribution in [2.75, 3.05) is 16.7 Å². The van der Waals surface area contributed by atoms with Crippen molar-refractivity contribution >= 4 is 39.0 Å². The number of aryl methyl sites for hydroxylation is 1. The molecule has 0 bridgehead atoms. The molecule has 0 saturated heterocycles. The Bertz CT molecular complexity index is 1400. The number of hydrogen-bond donors (Lipinski definition) is 2. The van der Waals surface area contributed by atoms with Crippen LogP contribution in [0.5, 0.6) is 0 Å². The molecule has 8 nitrogen and oxygen atoms in total. The van der Waals surface area contributed by atoms with E-state index in [4.69, 9.17) is 0 Å². The zero-order valence-corrected chi connectivity index (χ0v) is 20.4. The van der Waals surface area contributed by atoms with E-state index in [9.17, 15) is 13.2 Å². The van der Waals surface area contributed by atoms with Gasteiger partial charge in [-0.25, -0.2) is 8.42 Å². The SMILES string of the molecule is CSCCC(NC(=O)c1ccc(S(=O)(=O)Nc2ccccc2C)cc1)c1nnc2ccccn12. The van der Waals surface area contributed by atoms with Gasteiger partial charge in [0.15, 0.2) is 11.5 Å². The van der Waals surface area contributed by atoms with Gasteiger partial charge in [0.2, 0.25) is 0 Å². The maximum Gasteiger partial charge on any atom is 0.261 e. The van der Waals surface area contributed by atoms with E-state index < -0.39 is 10.0 Å². The van der Waals surface area contributed by atoms with Crippen LogP contribution >= 0.6 is 11.8 Å². The van der Waals surface area contributed by atoms with Crippen LogP contribution in [-0.4, -0.2) is 40.9 Å². The number of carbonyl (C=O) groups excluding carboxylic acids is 1. The number of aromatic nitrogens is 3. The highest BCUT2D eigenvalue weighted by Crippen LogP contribution is 2.21. The highest BCUT2D eigenvalue weighted by molar-refractivity contribution is 7.98. The third-order valence-corrected chi connectivity index (χ3v) is 7.41. The van der Waals surface area contributed by atoms with Crippen molar-refractivity contribution in [1.82, 2.24) is 19.9 Å². The Balaban J connectivity index is 1.52. The van der Waals surface area contributed by atoms with Crippen molar-refractivity contribution in [3.8, 4) is 0 Å². The Morgan fingerprint density at radius 1 is 1.03 bits per heavy atom. The second-order valence-corrected chi connectivity index (χ2v) is 10.4. The lowest BCUT2D eigenvalue weighted by molar-refractivity contribution is 0.0933. The molecule has 1 unspecified atom stereocenters. The van der Waals surface area contributed by atoms with Crippen molar-refractivity contribution in [2.24, 2.45) is 0 Å². The minimum absolute atomic E-state index is 0.0784. The van der Waals surface area contributed by atoms with E-state index in [2.05, 4.69) is 20.2 Å². The molecule has 2 aromatic heterocycles. The summed E-state index contributed by atoms with van der Waals surface area (Å²) in [5.41, 5.74) is 2.40. The van der Waals surface area contributed by atoms with E-state index in [1.165, 1.54) is 24.3 Å². The number of anilines is 1. The monoisotopic (exact) mass is 495 g/mol. The first kappa shape index (κ1) is 23.8. The minimum atomic E-state index is -3.78. The highest BCUT2D eigenvalue weighted by Gasteiger charge is 2.22. The van der Waals surface area contributed by atoms with Crippen LogP contribution in [0.3, 0.4) is 0 Å². The topological polar surface area (TPSA) is 105 Å². The summed E-state index contributed by atoms with van der Waals surface area (Å²) in [5.74, 6) is 1.17. The van der Waals surface area contributed by atoms with Crippen LogP contribution in [0.4, 0.5) is 5.69 Å². The van der Waals surface area contributed by atoms with Crippen LogP contribution in [0.2, 0.25) is 0 Å². The summed E-state index contributed by atoms with van der Waals surface area (Å²) in [6.45, 7) is 1.83. The molecule has 0 aliphatic heterocycles. The summed E-state index contributed by atoms with van der Waals surface area (Å²) in [6.07, 6.45) is 4.55. The fourth-order valence-electron chi connectivity index (χ4n) is 3.52. The Hall–Kier alpha value is -3.37. The molecule has 0 fully saturated rings. The molecule has 34 heavy (non-hydrogen) atoms. The van der Waals surface area contributed by atoms with Gasteiger partial charge in [0, 0.05) is 11.8 Å². The molecular weight excluding hydrogens is 470 g/mol. The lowest BCUT2D eigenvalue weighted by Gasteiger charge is -2.17. The Labute approximate surface area is 202 Å². The van der Waals surface area contributed by atoms with Gasteiger partial charge in [-0.1, -0.05) is 24.3 Å². The highest BCUT2D eigenvalue weighted by atomic mass is 32.2. The molecule has 176 valence electrons. The quantitative estimate of drug-likeness (QED) is 0.363. The zero-order chi connectivity index (χ0) is 24.1. The fraction of sp³-hybridized carbons (Fsp3) is 0.208. The number of thioether (sulfide) groups is 1. The standard InChI is InChI=1S/C24H25N5O3S2/c1-17-7-3-4-8-20(17)28-34(31,32)19-12-10-18(11-13-19)24(30)25-21(14-16-33-2)23-27-26-22-9-5-6-15-29(22)23/h3-13,15,21,28H,14,16H2,1-2H3,(H,25,30). The number of sulfonamides is 1. The number of para-hydroxylation sites is 1. The average Bonchev–Trinajstić information content (AvgIpc) is 3.27. The number of fused-ring (bicyclic) bond motifs is 1. The molecule has 2 heterocycles.